The van der Waals surface area contributed by atoms with E-state index >= 15 is 0 Å². The average molecular weight is 948 g/mol. The quantitative estimate of drug-likeness (QED) is 0.0343. The molecule has 0 amide bonds. The van der Waals surface area contributed by atoms with Crippen molar-refractivity contribution in [2.24, 2.45) is 17.8 Å². The molecule has 6 heteroatoms. The number of ether oxygens (including phenoxy) is 3. The van der Waals surface area contributed by atoms with Crippen LogP contribution in [-0.2, 0) is 28.6 Å². The van der Waals surface area contributed by atoms with E-state index in [1.54, 1.807) is 0 Å². The van der Waals surface area contributed by atoms with Gasteiger partial charge < -0.3 is 14.2 Å². The van der Waals surface area contributed by atoms with Crippen LogP contribution < -0.4 is 0 Å². The molecule has 0 radical (unpaired) electrons. The van der Waals surface area contributed by atoms with E-state index in [1.807, 2.05) is 0 Å². The summed E-state index contributed by atoms with van der Waals surface area (Å²) >= 11 is 0. The molecule has 0 aromatic rings. The summed E-state index contributed by atoms with van der Waals surface area (Å²) in [4.78, 5) is 38.2. The third kappa shape index (κ3) is 53.6. The molecule has 0 aromatic carbocycles. The SMILES string of the molecule is CCC(C)CCCCCCCCCCC(=O)OC[C@@H](COC(=O)CCCCCCCCCCCCCCCCCCCCC(C)C)OC(=O)CCCCCCCCCCCCCCCC(C)C. The fourth-order valence-corrected chi connectivity index (χ4v) is 9.32. The van der Waals surface area contributed by atoms with Crippen LogP contribution in [0.1, 0.15) is 337 Å². The molecule has 0 N–H and O–H groups in total. The molecule has 0 rings (SSSR count). The Labute approximate surface area is 418 Å². The molecule has 2 atom stereocenters. The summed E-state index contributed by atoms with van der Waals surface area (Å²) in [5, 5.41) is 0. The van der Waals surface area contributed by atoms with Crippen molar-refractivity contribution >= 4 is 17.9 Å². The van der Waals surface area contributed by atoms with Gasteiger partial charge in [-0.2, -0.15) is 0 Å². The van der Waals surface area contributed by atoms with E-state index in [4.69, 9.17) is 14.2 Å². The zero-order valence-electron chi connectivity index (χ0n) is 46.2. The summed E-state index contributed by atoms with van der Waals surface area (Å²) in [7, 11) is 0. The topological polar surface area (TPSA) is 78.9 Å². The van der Waals surface area contributed by atoms with E-state index in [9.17, 15) is 14.4 Å². The zero-order valence-corrected chi connectivity index (χ0v) is 46.2. The van der Waals surface area contributed by atoms with Gasteiger partial charge in [-0.1, -0.05) is 298 Å². The largest absolute Gasteiger partial charge is 0.462 e. The standard InChI is InChI=1S/C61H118O6/c1-7-57(6)49-43-37-31-27-28-33-39-45-51-60(63)66-54-58(67-61(64)52-46-40-34-26-22-18-14-16-20-24-30-36-42-48-56(4)5)53-65-59(62)50-44-38-32-25-21-17-13-11-9-8-10-12-15-19-23-29-35-41-47-55(2)3/h55-58H,7-54H2,1-6H3/t57?,58-/m1/s1. The van der Waals surface area contributed by atoms with Gasteiger partial charge in [-0.05, 0) is 37.0 Å². The number of unbranched alkanes of at least 4 members (excludes halogenated alkanes) is 36. The molecule has 6 nitrogen and oxygen atoms in total. The van der Waals surface area contributed by atoms with E-state index < -0.39 is 6.10 Å². The number of rotatable bonds is 54. The molecule has 0 saturated heterocycles. The van der Waals surface area contributed by atoms with Crippen molar-refractivity contribution in [1.82, 2.24) is 0 Å². The van der Waals surface area contributed by atoms with Crippen LogP contribution >= 0.6 is 0 Å². The van der Waals surface area contributed by atoms with Crippen LogP contribution in [0, 0.1) is 17.8 Å². The maximum absolute atomic E-state index is 12.9. The van der Waals surface area contributed by atoms with E-state index in [-0.39, 0.29) is 31.1 Å². The monoisotopic (exact) mass is 947 g/mol. The predicted molar refractivity (Wildman–Crippen MR) is 289 cm³/mol. The van der Waals surface area contributed by atoms with Crippen molar-refractivity contribution in [1.29, 1.82) is 0 Å². The highest BCUT2D eigenvalue weighted by molar-refractivity contribution is 5.71. The van der Waals surface area contributed by atoms with Gasteiger partial charge in [0.2, 0.25) is 0 Å². The minimum atomic E-state index is -0.764. The Kier molecular flexibility index (Phi) is 51.0. The molecule has 0 aliphatic heterocycles. The molecule has 67 heavy (non-hydrogen) atoms. The molecule has 0 fully saturated rings. The van der Waals surface area contributed by atoms with Crippen LogP contribution in [0.4, 0.5) is 0 Å². The lowest BCUT2D eigenvalue weighted by molar-refractivity contribution is -0.167. The van der Waals surface area contributed by atoms with Gasteiger partial charge in [0.25, 0.3) is 0 Å². The van der Waals surface area contributed by atoms with Gasteiger partial charge in [-0.25, -0.2) is 0 Å². The Balaban J connectivity index is 4.25. The van der Waals surface area contributed by atoms with E-state index in [0.29, 0.717) is 19.3 Å². The lowest BCUT2D eigenvalue weighted by Crippen LogP contribution is -2.30. The smallest absolute Gasteiger partial charge is 0.306 e. The Morgan fingerprint density at radius 1 is 0.299 bits per heavy atom. The van der Waals surface area contributed by atoms with Crippen molar-refractivity contribution < 1.29 is 28.6 Å². The first kappa shape index (κ1) is 65.4. The second-order valence-corrected chi connectivity index (χ2v) is 22.2. The van der Waals surface area contributed by atoms with Crippen molar-refractivity contribution in [3.05, 3.63) is 0 Å². The van der Waals surface area contributed by atoms with Crippen LogP contribution in [0.5, 0.6) is 0 Å². The number of carbonyl (C=O) groups is 3. The molecule has 1 unspecified atom stereocenters. The fourth-order valence-electron chi connectivity index (χ4n) is 9.32. The first-order valence-corrected chi connectivity index (χ1v) is 30.1. The maximum Gasteiger partial charge on any atom is 0.306 e. The highest BCUT2D eigenvalue weighted by Crippen LogP contribution is 2.19. The summed E-state index contributed by atoms with van der Waals surface area (Å²) in [6.07, 6.45) is 55.3. The number of hydrogen-bond acceptors (Lipinski definition) is 6. The molecule has 0 aliphatic rings. The summed E-state index contributed by atoms with van der Waals surface area (Å²) in [5.41, 5.74) is 0. The van der Waals surface area contributed by atoms with Crippen molar-refractivity contribution in [3.63, 3.8) is 0 Å². The van der Waals surface area contributed by atoms with Gasteiger partial charge in [-0.15, -0.1) is 0 Å². The van der Waals surface area contributed by atoms with Gasteiger partial charge in [0.1, 0.15) is 13.2 Å². The molecule has 0 saturated carbocycles. The van der Waals surface area contributed by atoms with Crippen molar-refractivity contribution in [2.75, 3.05) is 13.2 Å². The molecule has 0 spiro atoms. The highest BCUT2D eigenvalue weighted by atomic mass is 16.6. The third-order valence-electron chi connectivity index (χ3n) is 14.3. The molecule has 0 aromatic heterocycles. The Morgan fingerprint density at radius 2 is 0.522 bits per heavy atom. The normalized spacial score (nSPS) is 12.5. The Morgan fingerprint density at radius 3 is 0.776 bits per heavy atom. The molecular weight excluding hydrogens is 829 g/mol. The fraction of sp³-hybridized carbons (Fsp3) is 0.951. The lowest BCUT2D eigenvalue weighted by atomic mass is 9.99. The van der Waals surface area contributed by atoms with Crippen LogP contribution in [0.2, 0.25) is 0 Å². The predicted octanol–water partition coefficient (Wildman–Crippen LogP) is 19.9. The number of carbonyl (C=O) groups excluding carboxylic acids is 3. The molecular formula is C61H118O6. The molecule has 398 valence electrons. The van der Waals surface area contributed by atoms with Crippen LogP contribution in [0.25, 0.3) is 0 Å². The maximum atomic E-state index is 12.9. The summed E-state index contributed by atoms with van der Waals surface area (Å²) < 4.78 is 16.9. The van der Waals surface area contributed by atoms with Gasteiger partial charge in [0.15, 0.2) is 6.10 Å². The Bertz CT molecular complexity index is 1040. The minimum Gasteiger partial charge on any atom is -0.462 e. The Hall–Kier alpha value is -1.59. The second-order valence-electron chi connectivity index (χ2n) is 22.2. The minimum absolute atomic E-state index is 0.0635. The van der Waals surface area contributed by atoms with Crippen LogP contribution in [0.15, 0.2) is 0 Å². The molecule has 0 heterocycles. The van der Waals surface area contributed by atoms with E-state index in [1.165, 1.54) is 218 Å². The second kappa shape index (κ2) is 52.2. The van der Waals surface area contributed by atoms with Crippen molar-refractivity contribution in [2.45, 2.75) is 343 Å². The van der Waals surface area contributed by atoms with E-state index in [2.05, 4.69) is 41.5 Å². The van der Waals surface area contributed by atoms with Crippen LogP contribution in [-0.4, -0.2) is 37.2 Å². The first-order valence-electron chi connectivity index (χ1n) is 30.1. The summed E-state index contributed by atoms with van der Waals surface area (Å²) in [6.45, 7) is 13.8. The van der Waals surface area contributed by atoms with Crippen molar-refractivity contribution in [3.8, 4) is 0 Å². The van der Waals surface area contributed by atoms with Gasteiger partial charge in [-0.3, -0.25) is 14.4 Å². The zero-order chi connectivity index (χ0) is 49.1. The lowest BCUT2D eigenvalue weighted by Gasteiger charge is -2.18. The highest BCUT2D eigenvalue weighted by Gasteiger charge is 2.19. The van der Waals surface area contributed by atoms with E-state index in [0.717, 1.165) is 75.5 Å². The summed E-state index contributed by atoms with van der Waals surface area (Å²) in [5.74, 6) is 1.70. The summed E-state index contributed by atoms with van der Waals surface area (Å²) in [6, 6.07) is 0. The number of esters is 3. The first-order chi connectivity index (χ1) is 32.6. The average Bonchev–Trinajstić information content (AvgIpc) is 3.30. The molecule has 0 bridgehead atoms. The van der Waals surface area contributed by atoms with Gasteiger partial charge in [0.05, 0.1) is 0 Å². The number of hydrogen-bond donors (Lipinski definition) is 0. The van der Waals surface area contributed by atoms with Gasteiger partial charge in [0, 0.05) is 19.3 Å². The molecule has 0 aliphatic carbocycles. The van der Waals surface area contributed by atoms with Gasteiger partial charge >= 0.3 is 17.9 Å². The van der Waals surface area contributed by atoms with Crippen LogP contribution in [0.3, 0.4) is 0 Å². The third-order valence-corrected chi connectivity index (χ3v) is 14.3.